The summed E-state index contributed by atoms with van der Waals surface area (Å²) in [7, 11) is -3.58. The molecule has 0 aliphatic heterocycles. The number of thiazole rings is 2. The van der Waals surface area contributed by atoms with Crippen LogP contribution >= 0.6 is 34.0 Å². The Bertz CT molecular complexity index is 1380. The molecule has 5 N–H and O–H groups in total. The van der Waals surface area contributed by atoms with Gasteiger partial charge in [-0.2, -0.15) is 0 Å². The molecule has 4 rings (SSSR count). The van der Waals surface area contributed by atoms with E-state index in [1.807, 2.05) is 29.6 Å². The van der Waals surface area contributed by atoms with Crippen molar-refractivity contribution in [3.05, 3.63) is 51.8 Å². The summed E-state index contributed by atoms with van der Waals surface area (Å²) >= 11 is 4.07. The molecule has 0 radical (unpaired) electrons. The number of aromatic nitrogens is 2. The Hall–Kier alpha value is -2.26. The minimum absolute atomic E-state index is 0.197. The van der Waals surface area contributed by atoms with Crippen LogP contribution < -0.4 is 21.1 Å². The highest BCUT2D eigenvalue weighted by atomic mass is 32.2. The van der Waals surface area contributed by atoms with E-state index in [1.165, 1.54) is 34.0 Å². The number of nitrogens with two attached hydrogens (primary N) is 1. The number of rotatable bonds is 15. The van der Waals surface area contributed by atoms with Crippen molar-refractivity contribution >= 4 is 60.0 Å². The Morgan fingerprint density at radius 2 is 1.81 bits per heavy atom. The molecule has 1 aromatic carbocycles. The van der Waals surface area contributed by atoms with Gasteiger partial charge in [-0.3, -0.25) is 4.79 Å². The average Bonchev–Trinajstić information content (AvgIpc) is 3.64. The number of benzene rings is 1. The molecule has 37 heavy (non-hydrogen) atoms. The van der Waals surface area contributed by atoms with E-state index in [9.17, 15) is 13.2 Å². The van der Waals surface area contributed by atoms with Crippen LogP contribution in [0.2, 0.25) is 0 Å². The second-order valence-electron chi connectivity index (χ2n) is 8.27. The van der Waals surface area contributed by atoms with Gasteiger partial charge < -0.3 is 16.4 Å². The molecule has 0 saturated carbocycles. The number of fused-ring (bicyclic) bond motifs is 1. The van der Waals surface area contributed by atoms with Crippen LogP contribution in [-0.4, -0.2) is 57.0 Å². The lowest BCUT2D eigenvalue weighted by atomic mass is 10.3. The zero-order valence-electron chi connectivity index (χ0n) is 20.2. The van der Waals surface area contributed by atoms with Gasteiger partial charge in [0, 0.05) is 35.0 Å². The third-order valence-electron chi connectivity index (χ3n) is 5.43. The van der Waals surface area contributed by atoms with Gasteiger partial charge in [0.25, 0.3) is 5.91 Å². The van der Waals surface area contributed by atoms with Crippen molar-refractivity contribution in [1.29, 1.82) is 0 Å². The third kappa shape index (κ3) is 7.87. The number of carbonyl (C=O) groups excluding carboxylic acids is 1. The quantitative estimate of drug-likeness (QED) is 0.159. The van der Waals surface area contributed by atoms with Gasteiger partial charge in [0.15, 0.2) is 0 Å². The summed E-state index contributed by atoms with van der Waals surface area (Å²) in [5, 5.41) is 12.2. The fraction of sp³-hybridized carbons (Fsp3) is 0.375. The molecule has 13 heteroatoms. The van der Waals surface area contributed by atoms with Crippen molar-refractivity contribution < 1.29 is 13.2 Å². The maximum Gasteiger partial charge on any atom is 0.270 e. The summed E-state index contributed by atoms with van der Waals surface area (Å²) < 4.78 is 29.3. The van der Waals surface area contributed by atoms with Crippen LogP contribution in [0, 0.1) is 0 Å². The van der Waals surface area contributed by atoms with Crippen LogP contribution in [0.5, 0.6) is 0 Å². The van der Waals surface area contributed by atoms with Gasteiger partial charge in [-0.25, -0.2) is 23.1 Å². The molecule has 0 aliphatic carbocycles. The Labute approximate surface area is 228 Å². The fourth-order valence-corrected chi connectivity index (χ4v) is 7.59. The zero-order chi connectivity index (χ0) is 26.1. The fourth-order valence-electron chi connectivity index (χ4n) is 3.50. The lowest BCUT2D eigenvalue weighted by Gasteiger charge is -2.05. The summed E-state index contributed by atoms with van der Waals surface area (Å²) in [6.07, 6.45) is 3.38. The van der Waals surface area contributed by atoms with Crippen molar-refractivity contribution in [2.75, 3.05) is 32.7 Å². The SMILES string of the molecule is NCCCCNCCCNC(=O)c1csc(-c2csc(CCNS(=O)(=O)c3cc4ccccc4s3)n2)n1. The highest BCUT2D eigenvalue weighted by molar-refractivity contribution is 7.91. The smallest absolute Gasteiger partial charge is 0.270 e. The van der Waals surface area contributed by atoms with Crippen LogP contribution in [0.25, 0.3) is 20.8 Å². The maximum atomic E-state index is 12.7. The second-order valence-corrected chi connectivity index (χ2v) is 13.1. The number of hydrogen-bond acceptors (Lipinski definition) is 10. The van der Waals surface area contributed by atoms with Crippen molar-refractivity contribution in [2.45, 2.75) is 29.9 Å². The van der Waals surface area contributed by atoms with E-state index in [0.717, 1.165) is 47.4 Å². The molecule has 0 aliphatic rings. The summed E-state index contributed by atoms with van der Waals surface area (Å²) in [6.45, 7) is 3.32. The molecule has 0 spiro atoms. The van der Waals surface area contributed by atoms with Crippen molar-refractivity contribution in [1.82, 2.24) is 25.3 Å². The molecule has 9 nitrogen and oxygen atoms in total. The number of thiophene rings is 1. The van der Waals surface area contributed by atoms with Gasteiger partial charge in [0.2, 0.25) is 10.0 Å². The van der Waals surface area contributed by atoms with Crippen LogP contribution in [0.15, 0.2) is 45.3 Å². The lowest BCUT2D eigenvalue weighted by molar-refractivity contribution is 0.0949. The van der Waals surface area contributed by atoms with E-state index >= 15 is 0 Å². The molecule has 3 heterocycles. The summed E-state index contributed by atoms with van der Waals surface area (Å²) in [5.41, 5.74) is 6.54. The Morgan fingerprint density at radius 1 is 0.973 bits per heavy atom. The van der Waals surface area contributed by atoms with E-state index in [-0.39, 0.29) is 12.5 Å². The van der Waals surface area contributed by atoms with Gasteiger partial charge in [-0.1, -0.05) is 18.2 Å². The van der Waals surface area contributed by atoms with Gasteiger partial charge in [0.05, 0.1) is 5.01 Å². The molecule has 198 valence electrons. The topological polar surface area (TPSA) is 139 Å². The maximum absolute atomic E-state index is 12.7. The number of amides is 1. The standard InChI is InChI=1S/C24H30N6O3S4/c25-9-3-4-10-26-11-5-12-27-23(31)18-15-35-24(30-18)19-16-34-21(29-19)8-13-28-37(32,33)22-14-17-6-1-2-7-20(17)36-22/h1-2,6-7,14-16,26,28H,3-5,8-13,25H2,(H,27,31). The van der Waals surface area contributed by atoms with Crippen LogP contribution in [-0.2, 0) is 16.4 Å². The Balaban J connectivity index is 1.22. The molecule has 4 aromatic rings. The first-order chi connectivity index (χ1) is 18.0. The minimum atomic E-state index is -3.58. The first-order valence-corrected chi connectivity index (χ1v) is 16.1. The molecule has 0 saturated heterocycles. The summed E-state index contributed by atoms with van der Waals surface area (Å²) in [6, 6.07) is 9.30. The molecule has 3 aromatic heterocycles. The first kappa shape index (κ1) is 27.8. The third-order valence-corrected chi connectivity index (χ3v) is 10.3. The van der Waals surface area contributed by atoms with E-state index in [2.05, 4.69) is 25.3 Å². The molecular weight excluding hydrogens is 549 g/mol. The average molecular weight is 579 g/mol. The van der Waals surface area contributed by atoms with Crippen molar-refractivity contribution in [3.8, 4) is 10.7 Å². The Morgan fingerprint density at radius 3 is 2.65 bits per heavy atom. The highest BCUT2D eigenvalue weighted by Gasteiger charge is 2.18. The predicted octanol–water partition coefficient (Wildman–Crippen LogP) is 3.45. The van der Waals surface area contributed by atoms with Gasteiger partial charge in [-0.05, 0) is 56.4 Å². The van der Waals surface area contributed by atoms with E-state index < -0.39 is 10.0 Å². The number of unbranched alkanes of at least 4 members (excludes halogenated alkanes) is 1. The number of carbonyl (C=O) groups is 1. The molecule has 0 fully saturated rings. The lowest BCUT2D eigenvalue weighted by Crippen LogP contribution is -2.28. The minimum Gasteiger partial charge on any atom is -0.351 e. The number of hydrogen-bond donors (Lipinski definition) is 4. The number of nitrogens with zero attached hydrogens (tertiary/aromatic N) is 2. The summed E-state index contributed by atoms with van der Waals surface area (Å²) in [4.78, 5) is 21.4. The Kier molecular flexibility index (Phi) is 10.1. The number of nitrogens with one attached hydrogen (secondary N) is 3. The van der Waals surface area contributed by atoms with Crippen molar-refractivity contribution in [3.63, 3.8) is 0 Å². The normalized spacial score (nSPS) is 11.8. The van der Waals surface area contributed by atoms with E-state index in [1.54, 1.807) is 11.4 Å². The largest absolute Gasteiger partial charge is 0.351 e. The highest BCUT2D eigenvalue weighted by Crippen LogP contribution is 2.29. The van der Waals surface area contributed by atoms with Crippen LogP contribution in [0.4, 0.5) is 0 Å². The molecular formula is C24H30N6O3S4. The van der Waals surface area contributed by atoms with E-state index in [0.29, 0.717) is 40.1 Å². The molecule has 1 amide bonds. The van der Waals surface area contributed by atoms with Gasteiger partial charge >= 0.3 is 0 Å². The van der Waals surface area contributed by atoms with Crippen LogP contribution in [0.1, 0.15) is 34.8 Å². The van der Waals surface area contributed by atoms with Gasteiger partial charge in [-0.15, -0.1) is 34.0 Å². The van der Waals surface area contributed by atoms with E-state index in [4.69, 9.17) is 5.73 Å². The molecule has 0 unspecified atom stereocenters. The predicted molar refractivity (Wildman–Crippen MR) is 152 cm³/mol. The first-order valence-electron chi connectivity index (χ1n) is 12.0. The summed E-state index contributed by atoms with van der Waals surface area (Å²) in [5.74, 6) is -0.197. The zero-order valence-corrected chi connectivity index (χ0v) is 23.5. The van der Waals surface area contributed by atoms with Crippen molar-refractivity contribution in [2.24, 2.45) is 5.73 Å². The molecule has 0 bridgehead atoms. The van der Waals surface area contributed by atoms with Crippen LogP contribution in [0.3, 0.4) is 0 Å². The molecule has 0 atom stereocenters. The monoisotopic (exact) mass is 578 g/mol. The number of sulfonamides is 1. The van der Waals surface area contributed by atoms with Gasteiger partial charge in [0.1, 0.15) is 20.6 Å². The second kappa shape index (κ2) is 13.5.